The Morgan fingerprint density at radius 3 is 3.10 bits per heavy atom. The first-order valence-electron chi connectivity index (χ1n) is 7.62. The lowest BCUT2D eigenvalue weighted by molar-refractivity contribution is 0.233. The lowest BCUT2D eigenvalue weighted by atomic mass is 10.1. The van der Waals surface area contributed by atoms with Crippen LogP contribution in [0.25, 0.3) is 0 Å². The zero-order valence-electron chi connectivity index (χ0n) is 12.5. The van der Waals surface area contributed by atoms with Gasteiger partial charge in [-0.15, -0.1) is 0 Å². The van der Waals surface area contributed by atoms with Crippen LogP contribution in [0.15, 0.2) is 24.3 Å². The second-order valence-electron chi connectivity index (χ2n) is 5.53. The first-order chi connectivity index (χ1) is 9.79. The number of likely N-dealkylation sites (tertiary alicyclic amines) is 1. The van der Waals surface area contributed by atoms with Gasteiger partial charge in [-0.25, -0.2) is 0 Å². The molecule has 1 aliphatic rings. The van der Waals surface area contributed by atoms with Gasteiger partial charge in [0.25, 0.3) is 0 Å². The van der Waals surface area contributed by atoms with E-state index in [0.717, 1.165) is 31.9 Å². The van der Waals surface area contributed by atoms with Crippen molar-refractivity contribution in [2.75, 3.05) is 26.7 Å². The standard InChI is InChI=1S/C17H26N2O/c1-3-10-18-14-15-6-4-8-17(13-15)20-12-9-16-7-5-11-19(16)2/h1,4,6,8,13,16,18H,3,5,7,9-12,14H2,2H3. The molecule has 0 amide bonds. The van der Waals surface area contributed by atoms with Gasteiger partial charge in [-0.3, -0.25) is 0 Å². The van der Waals surface area contributed by atoms with E-state index in [9.17, 15) is 0 Å². The fourth-order valence-electron chi connectivity index (χ4n) is 2.74. The third-order valence-electron chi connectivity index (χ3n) is 3.94. The number of rotatable bonds is 8. The van der Waals surface area contributed by atoms with Crippen molar-refractivity contribution >= 4 is 0 Å². The van der Waals surface area contributed by atoms with Crippen molar-refractivity contribution in [3.63, 3.8) is 0 Å². The Balaban J connectivity index is 1.73. The van der Waals surface area contributed by atoms with Gasteiger partial charge in [-0.05, 0) is 70.4 Å². The number of ether oxygens (including phenoxy) is 1. The van der Waals surface area contributed by atoms with Gasteiger partial charge in [0.15, 0.2) is 0 Å². The van der Waals surface area contributed by atoms with E-state index in [1.807, 2.05) is 6.07 Å². The maximum Gasteiger partial charge on any atom is 0.119 e. The van der Waals surface area contributed by atoms with E-state index in [2.05, 4.69) is 35.5 Å². The quantitative estimate of drug-likeness (QED) is 0.738. The van der Waals surface area contributed by atoms with Crippen molar-refractivity contribution in [3.05, 3.63) is 36.8 Å². The molecule has 1 atom stereocenters. The SMILES string of the molecule is [CH]CCNCc1cccc(OCCC2CCCN2C)c1. The maximum atomic E-state index is 5.88. The summed E-state index contributed by atoms with van der Waals surface area (Å²) in [7, 11) is 2.21. The van der Waals surface area contributed by atoms with Crippen molar-refractivity contribution in [1.29, 1.82) is 0 Å². The Morgan fingerprint density at radius 2 is 2.35 bits per heavy atom. The average Bonchev–Trinajstić information content (AvgIpc) is 2.85. The number of nitrogens with one attached hydrogen (secondary N) is 1. The second-order valence-corrected chi connectivity index (χ2v) is 5.53. The predicted molar refractivity (Wildman–Crippen MR) is 82.8 cm³/mol. The Kier molecular flexibility index (Phi) is 6.34. The van der Waals surface area contributed by atoms with Crippen molar-refractivity contribution in [3.8, 4) is 5.75 Å². The van der Waals surface area contributed by atoms with E-state index in [0.29, 0.717) is 12.5 Å². The third-order valence-corrected chi connectivity index (χ3v) is 3.94. The summed E-state index contributed by atoms with van der Waals surface area (Å²) in [5, 5.41) is 3.30. The Bertz CT molecular complexity index is 394. The van der Waals surface area contributed by atoms with Crippen LogP contribution in [0.3, 0.4) is 0 Å². The summed E-state index contributed by atoms with van der Waals surface area (Å²) in [6, 6.07) is 9.01. The third kappa shape index (κ3) is 4.80. The van der Waals surface area contributed by atoms with Crippen molar-refractivity contribution in [2.24, 2.45) is 0 Å². The molecular weight excluding hydrogens is 248 g/mol. The summed E-state index contributed by atoms with van der Waals surface area (Å²) in [6.07, 6.45) is 4.42. The van der Waals surface area contributed by atoms with Gasteiger partial charge < -0.3 is 15.0 Å². The molecule has 1 fully saturated rings. The Morgan fingerprint density at radius 1 is 1.45 bits per heavy atom. The summed E-state index contributed by atoms with van der Waals surface area (Å²) < 4.78 is 5.88. The molecule has 1 aliphatic heterocycles. The number of hydrogen-bond donors (Lipinski definition) is 1. The molecule has 3 nitrogen and oxygen atoms in total. The van der Waals surface area contributed by atoms with Crippen LogP contribution >= 0.6 is 0 Å². The van der Waals surface area contributed by atoms with Crippen LogP contribution in [-0.4, -0.2) is 37.7 Å². The van der Waals surface area contributed by atoms with Crippen LogP contribution in [0.4, 0.5) is 0 Å². The van der Waals surface area contributed by atoms with Gasteiger partial charge in [0.1, 0.15) is 5.75 Å². The zero-order valence-corrected chi connectivity index (χ0v) is 12.5. The minimum atomic E-state index is 0.672. The van der Waals surface area contributed by atoms with E-state index in [1.54, 1.807) is 0 Å². The molecule has 0 spiro atoms. The molecule has 1 unspecified atom stereocenters. The normalized spacial score (nSPS) is 19.4. The van der Waals surface area contributed by atoms with Crippen LogP contribution in [0.2, 0.25) is 0 Å². The molecular formula is C17H26N2O. The van der Waals surface area contributed by atoms with Crippen LogP contribution in [-0.2, 0) is 6.54 Å². The van der Waals surface area contributed by atoms with Crippen molar-refractivity contribution in [1.82, 2.24) is 10.2 Å². The summed E-state index contributed by atoms with van der Waals surface area (Å²) in [6.45, 7) is 9.19. The lowest BCUT2D eigenvalue weighted by Gasteiger charge is -2.19. The van der Waals surface area contributed by atoms with E-state index in [1.165, 1.54) is 24.9 Å². The van der Waals surface area contributed by atoms with Crippen LogP contribution < -0.4 is 10.1 Å². The molecule has 110 valence electrons. The highest BCUT2D eigenvalue weighted by atomic mass is 16.5. The van der Waals surface area contributed by atoms with Crippen LogP contribution in [0.5, 0.6) is 5.75 Å². The minimum absolute atomic E-state index is 0.672. The molecule has 2 rings (SSSR count). The van der Waals surface area contributed by atoms with Gasteiger partial charge >= 0.3 is 0 Å². The molecule has 0 aromatic heterocycles. The maximum absolute atomic E-state index is 5.88. The molecule has 0 bridgehead atoms. The second kappa shape index (κ2) is 8.28. The molecule has 0 saturated carbocycles. The van der Waals surface area contributed by atoms with Gasteiger partial charge in [-0.2, -0.15) is 0 Å². The summed E-state index contributed by atoms with van der Waals surface area (Å²) in [5.41, 5.74) is 1.24. The number of nitrogens with zero attached hydrogens (tertiary/aromatic N) is 1. The van der Waals surface area contributed by atoms with Gasteiger partial charge in [0, 0.05) is 12.6 Å². The Hall–Kier alpha value is -1.06. The smallest absolute Gasteiger partial charge is 0.119 e. The molecule has 1 heterocycles. The van der Waals surface area contributed by atoms with Gasteiger partial charge in [-0.1, -0.05) is 12.1 Å². The molecule has 0 aliphatic carbocycles. The molecule has 1 aromatic carbocycles. The first kappa shape index (κ1) is 15.3. The minimum Gasteiger partial charge on any atom is -0.494 e. The summed E-state index contributed by atoms with van der Waals surface area (Å²) >= 11 is 0. The monoisotopic (exact) mass is 274 g/mol. The fraction of sp³-hybridized carbons (Fsp3) is 0.588. The highest BCUT2D eigenvalue weighted by molar-refractivity contribution is 5.28. The van der Waals surface area contributed by atoms with Gasteiger partial charge in [0.2, 0.25) is 0 Å². The van der Waals surface area contributed by atoms with E-state index < -0.39 is 0 Å². The van der Waals surface area contributed by atoms with Crippen LogP contribution in [0, 0.1) is 6.92 Å². The lowest BCUT2D eigenvalue weighted by Crippen LogP contribution is -2.26. The molecule has 2 radical (unpaired) electrons. The number of hydrogen-bond acceptors (Lipinski definition) is 3. The average molecular weight is 274 g/mol. The molecule has 1 saturated heterocycles. The topological polar surface area (TPSA) is 24.5 Å². The molecule has 20 heavy (non-hydrogen) atoms. The van der Waals surface area contributed by atoms with E-state index in [4.69, 9.17) is 11.7 Å². The first-order valence-corrected chi connectivity index (χ1v) is 7.62. The molecule has 3 heteroatoms. The molecule has 1 aromatic rings. The predicted octanol–water partition coefficient (Wildman–Crippen LogP) is 2.74. The van der Waals surface area contributed by atoms with Crippen LogP contribution in [0.1, 0.15) is 31.2 Å². The van der Waals surface area contributed by atoms with Gasteiger partial charge in [0.05, 0.1) is 6.61 Å². The van der Waals surface area contributed by atoms with E-state index in [-0.39, 0.29) is 0 Å². The number of benzene rings is 1. The van der Waals surface area contributed by atoms with E-state index >= 15 is 0 Å². The molecule has 1 N–H and O–H groups in total. The highest BCUT2D eigenvalue weighted by Gasteiger charge is 2.20. The Labute approximate surface area is 123 Å². The highest BCUT2D eigenvalue weighted by Crippen LogP contribution is 2.19. The van der Waals surface area contributed by atoms with Crippen molar-refractivity contribution < 1.29 is 4.74 Å². The zero-order chi connectivity index (χ0) is 14.2. The summed E-state index contributed by atoms with van der Waals surface area (Å²) in [5.74, 6) is 0.970. The largest absolute Gasteiger partial charge is 0.494 e. The summed E-state index contributed by atoms with van der Waals surface area (Å²) in [4.78, 5) is 2.44. The fourth-order valence-corrected chi connectivity index (χ4v) is 2.74. The van der Waals surface area contributed by atoms with Crippen molar-refractivity contribution in [2.45, 2.75) is 38.3 Å².